The van der Waals surface area contributed by atoms with Crippen molar-refractivity contribution in [1.29, 1.82) is 0 Å². The van der Waals surface area contributed by atoms with Crippen molar-refractivity contribution in [3.63, 3.8) is 0 Å². The van der Waals surface area contributed by atoms with E-state index in [0.717, 1.165) is 51.4 Å². The van der Waals surface area contributed by atoms with Crippen LogP contribution in [0.25, 0.3) is 0 Å². The van der Waals surface area contributed by atoms with Crippen LogP contribution in [-0.4, -0.2) is 44.4 Å². The lowest BCUT2D eigenvalue weighted by Crippen LogP contribution is -2.01. The van der Waals surface area contributed by atoms with Gasteiger partial charge in [0.2, 0.25) is 0 Å². The summed E-state index contributed by atoms with van der Waals surface area (Å²) in [6.45, 7) is 2.50. The van der Waals surface area contributed by atoms with E-state index in [9.17, 15) is 9.46 Å². The van der Waals surface area contributed by atoms with Gasteiger partial charge in [-0.2, -0.15) is 0 Å². The van der Waals surface area contributed by atoms with Gasteiger partial charge in [-0.25, -0.2) is 0 Å². The Hall–Kier alpha value is 0.380. The van der Waals surface area contributed by atoms with E-state index in [2.05, 4.69) is 0 Å². The van der Waals surface area contributed by atoms with Crippen molar-refractivity contribution in [2.24, 2.45) is 11.5 Å². The van der Waals surface area contributed by atoms with Gasteiger partial charge in [-0.15, -0.1) is 0 Å². The molecule has 24 heavy (non-hydrogen) atoms. The molecule has 146 valence electrons. The van der Waals surface area contributed by atoms with Crippen LogP contribution in [0.2, 0.25) is 0 Å². The summed E-state index contributed by atoms with van der Waals surface area (Å²) in [5.41, 5.74) is 10.8. The molecule has 0 aliphatic carbocycles. The van der Waals surface area contributed by atoms with Gasteiger partial charge in [0.25, 0.3) is 0 Å². The van der Waals surface area contributed by atoms with Gasteiger partial charge in [0.15, 0.2) is 0 Å². The van der Waals surface area contributed by atoms with Crippen molar-refractivity contribution in [2.75, 3.05) is 39.5 Å². The number of rotatable bonds is 19. The molecule has 0 fully saturated rings. The van der Waals surface area contributed by atoms with Gasteiger partial charge in [-0.3, -0.25) is 4.57 Å². The van der Waals surface area contributed by atoms with Crippen LogP contribution < -0.4 is 11.5 Å². The fourth-order valence-corrected chi connectivity index (χ4v) is 3.05. The predicted octanol–water partition coefficient (Wildman–Crippen LogP) is 2.70. The Morgan fingerprint density at radius 1 is 0.708 bits per heavy atom. The van der Waals surface area contributed by atoms with E-state index in [1.54, 1.807) is 0 Å². The van der Waals surface area contributed by atoms with Gasteiger partial charge in [-0.1, -0.05) is 25.7 Å². The normalized spacial score (nSPS) is 14.0. The molecule has 0 aromatic heterocycles. The zero-order chi connectivity index (χ0) is 17.9. The summed E-state index contributed by atoms with van der Waals surface area (Å²) in [7, 11) is -4.39. The van der Waals surface area contributed by atoms with Gasteiger partial charge in [0, 0.05) is 0 Å². The molecule has 2 atom stereocenters. The van der Waals surface area contributed by atoms with E-state index in [-0.39, 0.29) is 13.2 Å². The third-order valence-electron chi connectivity index (χ3n) is 3.12. The SMILES string of the molecule is NCCCCCCOP(O)OCCO[PH](=O)OCCCCCCN. The molecule has 2 unspecified atom stereocenters. The Balaban J connectivity index is 3.30. The van der Waals surface area contributed by atoms with E-state index < -0.39 is 16.9 Å². The minimum atomic E-state index is -2.49. The summed E-state index contributed by atoms with van der Waals surface area (Å²) in [4.78, 5) is 9.50. The van der Waals surface area contributed by atoms with Crippen LogP contribution in [0.5, 0.6) is 0 Å². The molecule has 0 spiro atoms. The first-order chi connectivity index (χ1) is 11.7. The second kappa shape index (κ2) is 19.7. The molecule has 0 radical (unpaired) electrons. The first-order valence-corrected chi connectivity index (χ1v) is 11.0. The first kappa shape index (κ1) is 24.4. The zero-order valence-electron chi connectivity index (χ0n) is 14.5. The van der Waals surface area contributed by atoms with Crippen LogP contribution in [0.1, 0.15) is 51.4 Å². The molecule has 0 bridgehead atoms. The standard InChI is InChI=1S/C14H34N2O6P2/c15-9-5-1-3-7-11-19-23(17)21-13-14-22-24(18)20-12-8-4-2-6-10-16/h17,24H,1-16H2. The van der Waals surface area contributed by atoms with Gasteiger partial charge < -0.3 is 34.5 Å². The summed E-state index contributed by atoms with van der Waals surface area (Å²) >= 11 is 0. The molecule has 8 nitrogen and oxygen atoms in total. The highest BCUT2D eigenvalue weighted by atomic mass is 31.2. The molecule has 0 saturated heterocycles. The zero-order valence-corrected chi connectivity index (χ0v) is 16.4. The number of nitrogens with two attached hydrogens (primary N) is 2. The van der Waals surface area contributed by atoms with Crippen molar-refractivity contribution in [3.8, 4) is 0 Å². The Morgan fingerprint density at radius 3 is 1.83 bits per heavy atom. The number of hydrogen-bond donors (Lipinski definition) is 3. The smallest absolute Gasteiger partial charge is 0.329 e. The van der Waals surface area contributed by atoms with E-state index in [1.807, 2.05) is 0 Å². The Labute approximate surface area is 147 Å². The second-order valence-electron chi connectivity index (χ2n) is 5.26. The van der Waals surface area contributed by atoms with Crippen molar-refractivity contribution < 1.29 is 27.6 Å². The third-order valence-corrected chi connectivity index (χ3v) is 4.81. The maximum Gasteiger partial charge on any atom is 0.329 e. The topological polar surface area (TPSA) is 126 Å². The summed E-state index contributed by atoms with van der Waals surface area (Å²) in [6, 6.07) is 0. The maximum atomic E-state index is 11.4. The largest absolute Gasteiger partial charge is 0.330 e. The van der Waals surface area contributed by atoms with Crippen molar-refractivity contribution in [1.82, 2.24) is 0 Å². The molecule has 10 heteroatoms. The summed E-state index contributed by atoms with van der Waals surface area (Å²) in [5.74, 6) is 0. The molecule has 0 aliphatic heterocycles. The van der Waals surface area contributed by atoms with Crippen LogP contribution in [-0.2, 0) is 22.7 Å². The van der Waals surface area contributed by atoms with Crippen LogP contribution >= 0.6 is 16.9 Å². The van der Waals surface area contributed by atoms with E-state index >= 15 is 0 Å². The van der Waals surface area contributed by atoms with Gasteiger partial charge in [0.05, 0.1) is 26.4 Å². The lowest BCUT2D eigenvalue weighted by Gasteiger charge is -2.11. The molecule has 0 heterocycles. The molecule has 0 aliphatic rings. The Morgan fingerprint density at radius 2 is 1.21 bits per heavy atom. The molecule has 5 N–H and O–H groups in total. The van der Waals surface area contributed by atoms with Crippen LogP contribution in [0, 0.1) is 0 Å². The fraction of sp³-hybridized carbons (Fsp3) is 1.00. The summed E-state index contributed by atoms with van der Waals surface area (Å²) in [6.07, 6.45) is 7.88. The second-order valence-corrected chi connectivity index (χ2v) is 7.33. The molecule has 0 aromatic rings. The van der Waals surface area contributed by atoms with Crippen LogP contribution in [0.4, 0.5) is 0 Å². The first-order valence-electron chi connectivity index (χ1n) is 8.65. The third kappa shape index (κ3) is 18.7. The van der Waals surface area contributed by atoms with Crippen LogP contribution in [0.3, 0.4) is 0 Å². The van der Waals surface area contributed by atoms with Gasteiger partial charge in [-0.05, 0) is 38.8 Å². The van der Waals surface area contributed by atoms with Crippen molar-refractivity contribution in [2.45, 2.75) is 51.4 Å². The Kier molecular flexibility index (Phi) is 20.0. The van der Waals surface area contributed by atoms with Crippen molar-refractivity contribution >= 4 is 16.9 Å². The monoisotopic (exact) mass is 388 g/mol. The van der Waals surface area contributed by atoms with Crippen molar-refractivity contribution in [3.05, 3.63) is 0 Å². The quantitative estimate of drug-likeness (QED) is 0.228. The fourth-order valence-electron chi connectivity index (χ4n) is 1.82. The highest BCUT2D eigenvalue weighted by Crippen LogP contribution is 2.33. The highest BCUT2D eigenvalue weighted by Gasteiger charge is 2.07. The summed E-state index contributed by atoms with van der Waals surface area (Å²) < 4.78 is 31.7. The van der Waals surface area contributed by atoms with E-state index in [4.69, 9.17) is 29.6 Å². The summed E-state index contributed by atoms with van der Waals surface area (Å²) in [5, 5.41) is 0. The molecule has 0 rings (SSSR count). The van der Waals surface area contributed by atoms with E-state index in [0.29, 0.717) is 26.3 Å². The average molecular weight is 388 g/mol. The molecular formula is C14H34N2O6P2. The van der Waals surface area contributed by atoms with Gasteiger partial charge >= 0.3 is 16.9 Å². The number of unbranched alkanes of at least 4 members (excludes halogenated alkanes) is 6. The lowest BCUT2D eigenvalue weighted by atomic mass is 10.2. The lowest BCUT2D eigenvalue weighted by molar-refractivity contribution is 0.153. The van der Waals surface area contributed by atoms with Gasteiger partial charge in [0.1, 0.15) is 0 Å². The minimum absolute atomic E-state index is 0.101. The molecule has 0 saturated carbocycles. The molecule has 0 aromatic carbocycles. The number of hydrogen-bond acceptors (Lipinski definition) is 8. The van der Waals surface area contributed by atoms with Crippen LogP contribution in [0.15, 0.2) is 0 Å². The minimum Gasteiger partial charge on any atom is -0.330 e. The Bertz CT molecular complexity index is 290. The molecular weight excluding hydrogens is 354 g/mol. The maximum absolute atomic E-state index is 11.4. The predicted molar refractivity (Wildman–Crippen MR) is 97.0 cm³/mol. The van der Waals surface area contributed by atoms with E-state index in [1.165, 1.54) is 0 Å². The highest BCUT2D eigenvalue weighted by molar-refractivity contribution is 7.40. The molecule has 0 amide bonds. The average Bonchev–Trinajstić information content (AvgIpc) is 2.58.